The fourth-order valence-corrected chi connectivity index (χ4v) is 3.91. The van der Waals surface area contributed by atoms with Crippen LogP contribution in [0.3, 0.4) is 0 Å². The van der Waals surface area contributed by atoms with Gasteiger partial charge in [0.05, 0.1) is 5.41 Å². The zero-order chi connectivity index (χ0) is 15.0. The first kappa shape index (κ1) is 14.4. The van der Waals surface area contributed by atoms with Gasteiger partial charge in [-0.05, 0) is 43.2 Å². The van der Waals surface area contributed by atoms with Crippen molar-refractivity contribution in [3.63, 3.8) is 0 Å². The fraction of sp³-hybridized carbons (Fsp3) is 0.600. The first-order chi connectivity index (χ1) is 9.99. The third-order valence-electron chi connectivity index (χ3n) is 4.73. The number of nitrogens with zero attached hydrogens (tertiary/aromatic N) is 2. The summed E-state index contributed by atoms with van der Waals surface area (Å²) in [5, 5.41) is 11.3. The van der Waals surface area contributed by atoms with Crippen LogP contribution >= 0.6 is 11.3 Å². The number of aliphatic carboxylic acids is 1. The molecule has 0 atom stereocenters. The first-order valence-electron chi connectivity index (χ1n) is 7.32. The van der Waals surface area contributed by atoms with Crippen molar-refractivity contribution in [1.82, 2.24) is 9.80 Å². The van der Waals surface area contributed by atoms with E-state index in [-0.39, 0.29) is 6.03 Å². The predicted octanol–water partition coefficient (Wildman–Crippen LogP) is 2.41. The Morgan fingerprint density at radius 2 is 1.95 bits per heavy atom. The van der Waals surface area contributed by atoms with Crippen LogP contribution < -0.4 is 0 Å². The van der Waals surface area contributed by atoms with Gasteiger partial charge in [-0.3, -0.25) is 4.79 Å². The molecule has 3 rings (SSSR count). The van der Waals surface area contributed by atoms with E-state index in [9.17, 15) is 14.7 Å². The third-order valence-corrected chi connectivity index (χ3v) is 5.76. The van der Waals surface area contributed by atoms with Crippen LogP contribution in [0.2, 0.25) is 0 Å². The number of carbonyl (C=O) groups excluding carboxylic acids is 1. The molecule has 1 N–H and O–H groups in total. The smallest absolute Gasteiger partial charge is 0.320 e. The van der Waals surface area contributed by atoms with Crippen molar-refractivity contribution in [1.29, 1.82) is 0 Å². The molecule has 1 aromatic rings. The zero-order valence-electron chi connectivity index (χ0n) is 12.2. The fourth-order valence-electron chi connectivity index (χ4n) is 3.02. The van der Waals surface area contributed by atoms with E-state index in [0.29, 0.717) is 32.5 Å². The van der Waals surface area contributed by atoms with Crippen LogP contribution in [0.1, 0.15) is 30.2 Å². The van der Waals surface area contributed by atoms with Gasteiger partial charge in [-0.2, -0.15) is 0 Å². The van der Waals surface area contributed by atoms with Crippen LogP contribution in [0.15, 0.2) is 11.4 Å². The topological polar surface area (TPSA) is 60.9 Å². The quantitative estimate of drug-likeness (QED) is 0.866. The van der Waals surface area contributed by atoms with Gasteiger partial charge < -0.3 is 14.9 Å². The Morgan fingerprint density at radius 1 is 1.24 bits per heavy atom. The van der Waals surface area contributed by atoms with Gasteiger partial charge in [0, 0.05) is 31.1 Å². The summed E-state index contributed by atoms with van der Waals surface area (Å²) in [5.74, 6) is -0.754. The number of likely N-dealkylation sites (tertiary alicyclic amines) is 1. The summed E-state index contributed by atoms with van der Waals surface area (Å²) < 4.78 is 0. The molecule has 0 radical (unpaired) electrons. The molecule has 6 heteroatoms. The van der Waals surface area contributed by atoms with Crippen LogP contribution in [0, 0.1) is 5.41 Å². The van der Waals surface area contributed by atoms with Gasteiger partial charge in [-0.25, -0.2) is 4.79 Å². The summed E-state index contributed by atoms with van der Waals surface area (Å²) in [6.45, 7) is 4.29. The molecule has 0 spiro atoms. The van der Waals surface area contributed by atoms with Crippen LogP contribution in [0.5, 0.6) is 0 Å². The van der Waals surface area contributed by atoms with E-state index in [2.05, 4.69) is 11.4 Å². The first-order valence-corrected chi connectivity index (χ1v) is 8.20. The average molecular weight is 308 g/mol. The van der Waals surface area contributed by atoms with Gasteiger partial charge in [-0.15, -0.1) is 11.3 Å². The van der Waals surface area contributed by atoms with E-state index in [1.165, 1.54) is 10.4 Å². The highest BCUT2D eigenvalue weighted by Gasteiger charge is 2.39. The monoisotopic (exact) mass is 308 g/mol. The predicted molar refractivity (Wildman–Crippen MR) is 80.4 cm³/mol. The second-order valence-electron chi connectivity index (χ2n) is 6.18. The molecule has 21 heavy (non-hydrogen) atoms. The van der Waals surface area contributed by atoms with Crippen molar-refractivity contribution in [3.8, 4) is 0 Å². The van der Waals surface area contributed by atoms with Gasteiger partial charge in [0.1, 0.15) is 0 Å². The molecule has 1 aromatic heterocycles. The number of rotatable bonds is 1. The highest BCUT2D eigenvalue weighted by Crippen LogP contribution is 2.32. The van der Waals surface area contributed by atoms with Crippen molar-refractivity contribution < 1.29 is 14.7 Å². The largest absolute Gasteiger partial charge is 0.481 e. The number of carbonyl (C=O) groups is 2. The number of thiophene rings is 1. The highest BCUT2D eigenvalue weighted by molar-refractivity contribution is 7.10. The Bertz CT molecular complexity index is 561. The summed E-state index contributed by atoms with van der Waals surface area (Å²) in [4.78, 5) is 28.9. The lowest BCUT2D eigenvalue weighted by Crippen LogP contribution is -2.50. The minimum atomic E-state index is -0.754. The number of amides is 2. The normalized spacial score (nSPS) is 21.0. The van der Waals surface area contributed by atoms with Gasteiger partial charge in [0.2, 0.25) is 0 Å². The van der Waals surface area contributed by atoms with E-state index < -0.39 is 11.4 Å². The highest BCUT2D eigenvalue weighted by atomic mass is 32.1. The molecule has 3 heterocycles. The molecular weight excluding hydrogens is 288 g/mol. The van der Waals surface area contributed by atoms with E-state index in [0.717, 1.165) is 13.0 Å². The van der Waals surface area contributed by atoms with Crippen molar-refractivity contribution in [2.24, 2.45) is 5.41 Å². The summed E-state index contributed by atoms with van der Waals surface area (Å²) in [5.41, 5.74) is 0.575. The summed E-state index contributed by atoms with van der Waals surface area (Å²) in [6.07, 6.45) is 2.00. The Kier molecular flexibility index (Phi) is 3.65. The molecule has 5 nitrogen and oxygen atoms in total. The molecule has 0 saturated carbocycles. The zero-order valence-corrected chi connectivity index (χ0v) is 13.0. The second kappa shape index (κ2) is 5.33. The number of piperidine rings is 1. The SMILES string of the molecule is CC1(C(=O)O)CCN(C(=O)N2CCc3sccc3C2)CC1. The van der Waals surface area contributed by atoms with Crippen molar-refractivity contribution in [3.05, 3.63) is 21.9 Å². The number of hydrogen-bond donors (Lipinski definition) is 1. The van der Waals surface area contributed by atoms with Crippen LogP contribution in [0.4, 0.5) is 4.79 Å². The second-order valence-corrected chi connectivity index (χ2v) is 7.18. The van der Waals surface area contributed by atoms with Gasteiger partial charge in [-0.1, -0.05) is 0 Å². The molecule has 2 aliphatic heterocycles. The van der Waals surface area contributed by atoms with Crippen LogP contribution in [-0.4, -0.2) is 46.5 Å². The van der Waals surface area contributed by atoms with E-state index in [1.807, 2.05) is 9.80 Å². The van der Waals surface area contributed by atoms with Gasteiger partial charge >= 0.3 is 12.0 Å². The Morgan fingerprint density at radius 3 is 2.62 bits per heavy atom. The molecule has 2 amide bonds. The Balaban J connectivity index is 1.62. The minimum Gasteiger partial charge on any atom is -0.481 e. The average Bonchev–Trinajstić information content (AvgIpc) is 2.94. The number of carboxylic acid groups (broad SMARTS) is 1. The minimum absolute atomic E-state index is 0.0549. The molecule has 2 aliphatic rings. The van der Waals surface area contributed by atoms with Crippen molar-refractivity contribution >= 4 is 23.3 Å². The van der Waals surface area contributed by atoms with Crippen LogP contribution in [0.25, 0.3) is 0 Å². The molecule has 0 aromatic carbocycles. The number of fused-ring (bicyclic) bond motifs is 1. The lowest BCUT2D eigenvalue weighted by molar-refractivity contribution is -0.150. The maximum Gasteiger partial charge on any atom is 0.320 e. The molecule has 0 aliphatic carbocycles. The molecule has 1 fully saturated rings. The maximum absolute atomic E-state index is 12.6. The lowest BCUT2D eigenvalue weighted by atomic mass is 9.80. The molecular formula is C15H20N2O3S. The molecule has 0 bridgehead atoms. The van der Waals surface area contributed by atoms with E-state index in [4.69, 9.17) is 0 Å². The number of urea groups is 1. The van der Waals surface area contributed by atoms with Crippen LogP contribution in [-0.2, 0) is 17.8 Å². The van der Waals surface area contributed by atoms with Crippen molar-refractivity contribution in [2.45, 2.75) is 32.7 Å². The van der Waals surface area contributed by atoms with E-state index >= 15 is 0 Å². The van der Waals surface area contributed by atoms with Crippen molar-refractivity contribution in [2.75, 3.05) is 19.6 Å². The van der Waals surface area contributed by atoms with E-state index in [1.54, 1.807) is 18.3 Å². The van der Waals surface area contributed by atoms with Gasteiger partial charge in [0.25, 0.3) is 0 Å². The maximum atomic E-state index is 12.6. The molecule has 114 valence electrons. The Labute approximate surface area is 128 Å². The number of carboxylic acids is 1. The molecule has 1 saturated heterocycles. The third kappa shape index (κ3) is 2.64. The van der Waals surface area contributed by atoms with Gasteiger partial charge in [0.15, 0.2) is 0 Å². The Hall–Kier alpha value is -1.56. The summed E-state index contributed by atoms with van der Waals surface area (Å²) in [6, 6.07) is 2.15. The summed E-state index contributed by atoms with van der Waals surface area (Å²) >= 11 is 1.76. The standard InChI is InChI=1S/C15H20N2O3S/c1-15(13(18)19)4-7-16(8-5-15)14(20)17-6-2-12-11(10-17)3-9-21-12/h3,9H,2,4-8,10H2,1H3,(H,18,19). The summed E-state index contributed by atoms with van der Waals surface area (Å²) in [7, 11) is 0. The molecule has 0 unspecified atom stereocenters. The number of hydrogen-bond acceptors (Lipinski definition) is 3. The lowest BCUT2D eigenvalue weighted by Gasteiger charge is -2.39.